The van der Waals surface area contributed by atoms with E-state index in [9.17, 15) is 10.1 Å². The second-order valence-electron chi connectivity index (χ2n) is 5.59. The van der Waals surface area contributed by atoms with Crippen LogP contribution in [0, 0.1) is 10.1 Å². The largest absolute Gasteiger partial charge is 0.349 e. The molecule has 0 unspecified atom stereocenters. The second-order valence-corrected chi connectivity index (χ2v) is 6.81. The minimum absolute atomic E-state index is 0.0817. The number of piperazine rings is 1. The lowest BCUT2D eigenvalue weighted by molar-refractivity contribution is -0.385. The lowest BCUT2D eigenvalue weighted by atomic mass is 10.2. The predicted molar refractivity (Wildman–Crippen MR) is 92.7 cm³/mol. The first-order valence-corrected chi connectivity index (χ1v) is 9.20. The summed E-state index contributed by atoms with van der Waals surface area (Å²) in [7, 11) is 0. The number of aryl methyl sites for hydroxylation is 1. The summed E-state index contributed by atoms with van der Waals surface area (Å²) >= 11 is 1.88. The topological polar surface area (TPSA) is 87.4 Å². The van der Waals surface area contributed by atoms with Crippen molar-refractivity contribution in [2.75, 3.05) is 60.6 Å². The molecule has 3 rings (SSSR count). The Bertz CT molecular complexity index is 573. The van der Waals surface area contributed by atoms with Crippen LogP contribution in [0.3, 0.4) is 0 Å². The van der Waals surface area contributed by atoms with Gasteiger partial charge < -0.3 is 15.1 Å². The molecule has 23 heavy (non-hydrogen) atoms. The summed E-state index contributed by atoms with van der Waals surface area (Å²) in [4.78, 5) is 24.6. The highest BCUT2D eigenvalue weighted by Gasteiger charge is 2.30. The quantitative estimate of drug-likeness (QED) is 0.640. The molecule has 0 aromatic carbocycles. The molecule has 9 heteroatoms. The van der Waals surface area contributed by atoms with Crippen molar-refractivity contribution < 1.29 is 4.92 Å². The molecule has 2 aliphatic rings. The van der Waals surface area contributed by atoms with E-state index in [1.807, 2.05) is 23.6 Å². The Kier molecular flexibility index (Phi) is 5.16. The number of nitrogens with zero attached hydrogens (tertiary/aromatic N) is 5. The highest BCUT2D eigenvalue weighted by molar-refractivity contribution is 7.99. The number of nitro groups is 1. The van der Waals surface area contributed by atoms with Crippen molar-refractivity contribution in [2.24, 2.45) is 0 Å². The maximum Gasteiger partial charge on any atom is 0.332 e. The van der Waals surface area contributed by atoms with Crippen LogP contribution in [0.25, 0.3) is 0 Å². The molecule has 0 saturated carbocycles. The molecule has 2 fully saturated rings. The lowest BCUT2D eigenvalue weighted by Crippen LogP contribution is -2.44. The summed E-state index contributed by atoms with van der Waals surface area (Å²) in [6.45, 7) is 6.94. The molecule has 2 aliphatic heterocycles. The third-order valence-corrected chi connectivity index (χ3v) is 5.10. The maximum atomic E-state index is 11.6. The molecule has 2 saturated heterocycles. The van der Waals surface area contributed by atoms with Crippen molar-refractivity contribution in [1.29, 1.82) is 0 Å². The summed E-state index contributed by atoms with van der Waals surface area (Å²) in [6.07, 6.45) is 0.535. The molecule has 0 radical (unpaired) electrons. The first-order valence-electron chi connectivity index (χ1n) is 8.04. The van der Waals surface area contributed by atoms with Gasteiger partial charge in [0.25, 0.3) is 0 Å². The zero-order valence-corrected chi connectivity index (χ0v) is 14.1. The Morgan fingerprint density at radius 3 is 2.48 bits per heavy atom. The van der Waals surface area contributed by atoms with Gasteiger partial charge in [-0.15, -0.1) is 0 Å². The molecule has 0 atom stereocenters. The lowest BCUT2D eigenvalue weighted by Gasteiger charge is -2.31. The van der Waals surface area contributed by atoms with Crippen molar-refractivity contribution in [3.8, 4) is 0 Å². The zero-order chi connectivity index (χ0) is 16.2. The Hall–Kier alpha value is -1.61. The summed E-state index contributed by atoms with van der Waals surface area (Å²) in [5.41, 5.74) is 0.616. The highest BCUT2D eigenvalue weighted by atomic mass is 32.2. The Morgan fingerprint density at radius 1 is 1.17 bits per heavy atom. The summed E-state index contributed by atoms with van der Waals surface area (Å²) in [6, 6.07) is 0. The SMILES string of the molecule is CCc1nc(N2CCNCC2)nc(N2CCSCC2)c1[N+](=O)[O-]. The van der Waals surface area contributed by atoms with Crippen LogP contribution in [0.2, 0.25) is 0 Å². The summed E-state index contributed by atoms with van der Waals surface area (Å²) in [5.74, 6) is 3.08. The van der Waals surface area contributed by atoms with Crippen LogP contribution in [0.1, 0.15) is 12.6 Å². The molecule has 8 nitrogen and oxygen atoms in total. The van der Waals surface area contributed by atoms with Gasteiger partial charge in [0.05, 0.1) is 4.92 Å². The maximum absolute atomic E-state index is 11.6. The van der Waals surface area contributed by atoms with E-state index in [-0.39, 0.29) is 10.6 Å². The van der Waals surface area contributed by atoms with E-state index in [4.69, 9.17) is 0 Å². The monoisotopic (exact) mass is 338 g/mol. The fourth-order valence-corrected chi connectivity index (χ4v) is 3.81. The van der Waals surface area contributed by atoms with Crippen LogP contribution < -0.4 is 15.1 Å². The fraction of sp³-hybridized carbons (Fsp3) is 0.714. The standard InChI is InChI=1S/C14H22N6O2S/c1-2-11-12(20(21)22)13(18-7-9-23-10-8-18)17-14(16-11)19-5-3-15-4-6-19/h15H,2-10H2,1H3. The van der Waals surface area contributed by atoms with Gasteiger partial charge in [0.1, 0.15) is 5.69 Å². The van der Waals surface area contributed by atoms with E-state index in [1.54, 1.807) is 0 Å². The van der Waals surface area contributed by atoms with E-state index in [0.29, 0.717) is 23.9 Å². The molecule has 0 bridgehead atoms. The van der Waals surface area contributed by atoms with Crippen LogP contribution in [-0.4, -0.2) is 65.7 Å². The summed E-state index contributed by atoms with van der Waals surface area (Å²) < 4.78 is 0. The highest BCUT2D eigenvalue weighted by Crippen LogP contribution is 2.33. The second kappa shape index (κ2) is 7.31. The van der Waals surface area contributed by atoms with E-state index < -0.39 is 0 Å². The van der Waals surface area contributed by atoms with Gasteiger partial charge >= 0.3 is 5.69 Å². The van der Waals surface area contributed by atoms with Crippen molar-refractivity contribution in [3.63, 3.8) is 0 Å². The van der Waals surface area contributed by atoms with E-state index >= 15 is 0 Å². The molecular weight excluding hydrogens is 316 g/mol. The van der Waals surface area contributed by atoms with Crippen molar-refractivity contribution in [2.45, 2.75) is 13.3 Å². The molecule has 126 valence electrons. The minimum Gasteiger partial charge on any atom is -0.349 e. The van der Waals surface area contributed by atoms with Crippen molar-refractivity contribution >= 4 is 29.2 Å². The third-order valence-electron chi connectivity index (χ3n) is 4.15. The zero-order valence-electron chi connectivity index (χ0n) is 13.3. The molecule has 1 aromatic heterocycles. The number of rotatable bonds is 4. The van der Waals surface area contributed by atoms with Crippen LogP contribution in [0.15, 0.2) is 0 Å². The number of thioether (sulfide) groups is 1. The van der Waals surface area contributed by atoms with Gasteiger partial charge in [-0.2, -0.15) is 16.7 Å². The number of hydrogen-bond acceptors (Lipinski definition) is 8. The van der Waals surface area contributed by atoms with Gasteiger partial charge in [-0.3, -0.25) is 10.1 Å². The summed E-state index contributed by atoms with van der Waals surface area (Å²) in [5, 5.41) is 14.9. The first-order chi connectivity index (χ1) is 11.2. The van der Waals surface area contributed by atoms with Gasteiger partial charge in [-0.25, -0.2) is 4.98 Å². The van der Waals surface area contributed by atoms with E-state index in [1.165, 1.54) is 0 Å². The molecule has 0 spiro atoms. The smallest absolute Gasteiger partial charge is 0.332 e. The Balaban J connectivity index is 2.03. The molecule has 1 aromatic rings. The first kappa shape index (κ1) is 16.3. The van der Waals surface area contributed by atoms with Crippen molar-refractivity contribution in [3.05, 3.63) is 15.8 Å². The molecular formula is C14H22N6O2S. The van der Waals surface area contributed by atoms with Crippen LogP contribution in [-0.2, 0) is 6.42 Å². The molecule has 3 heterocycles. The normalized spacial score (nSPS) is 19.0. The van der Waals surface area contributed by atoms with E-state index in [2.05, 4.69) is 20.2 Å². The average Bonchev–Trinajstić information content (AvgIpc) is 2.62. The molecule has 1 N–H and O–H groups in total. The minimum atomic E-state index is -0.322. The Morgan fingerprint density at radius 2 is 1.87 bits per heavy atom. The van der Waals surface area contributed by atoms with Gasteiger partial charge in [0, 0.05) is 50.8 Å². The Labute approximate surface area is 139 Å². The molecule has 0 aliphatic carbocycles. The van der Waals surface area contributed by atoms with Crippen molar-refractivity contribution in [1.82, 2.24) is 15.3 Å². The van der Waals surface area contributed by atoms with Gasteiger partial charge in [-0.1, -0.05) is 6.92 Å². The van der Waals surface area contributed by atoms with Gasteiger partial charge in [0.2, 0.25) is 11.8 Å². The average molecular weight is 338 g/mol. The van der Waals surface area contributed by atoms with Crippen LogP contribution >= 0.6 is 11.8 Å². The number of anilines is 2. The third kappa shape index (κ3) is 3.50. The number of aromatic nitrogens is 2. The molecule has 0 amide bonds. The van der Waals surface area contributed by atoms with Crippen LogP contribution in [0.5, 0.6) is 0 Å². The van der Waals surface area contributed by atoms with Gasteiger partial charge in [0.15, 0.2) is 0 Å². The number of nitrogens with one attached hydrogen (secondary N) is 1. The van der Waals surface area contributed by atoms with Gasteiger partial charge in [-0.05, 0) is 6.42 Å². The predicted octanol–water partition coefficient (Wildman–Crippen LogP) is 0.910. The number of hydrogen-bond donors (Lipinski definition) is 1. The fourth-order valence-electron chi connectivity index (χ4n) is 2.91. The van der Waals surface area contributed by atoms with E-state index in [0.717, 1.165) is 50.8 Å². The van der Waals surface area contributed by atoms with Crippen LogP contribution in [0.4, 0.5) is 17.5 Å².